The molecule has 34 heavy (non-hydrogen) atoms. The minimum atomic E-state index is -0.573. The fraction of sp³-hybridized carbons (Fsp3) is 0.214. The predicted octanol–water partition coefficient (Wildman–Crippen LogP) is 6.02. The van der Waals surface area contributed by atoms with Crippen molar-refractivity contribution in [2.24, 2.45) is 0 Å². The number of benzene rings is 3. The zero-order valence-corrected chi connectivity index (χ0v) is 19.5. The summed E-state index contributed by atoms with van der Waals surface area (Å²) in [5.41, 5.74) is 2.38. The van der Waals surface area contributed by atoms with Gasteiger partial charge in [-0.2, -0.15) is 0 Å². The fourth-order valence-electron chi connectivity index (χ4n) is 4.46. The standard InChI is InChI=1S/C28H24ClNO4/c1-2-15-33-21-10-6-9-19(16-21)25-24-26(31)22-17-20(29)11-12-23(22)34-27(24)28(32)30(25)14-13-18-7-4-3-5-8-18/h3-12,16-17,25H,2,13-15H2,1H3. The summed E-state index contributed by atoms with van der Waals surface area (Å²) in [7, 11) is 0. The Labute approximate surface area is 202 Å². The van der Waals surface area contributed by atoms with E-state index in [4.69, 9.17) is 20.8 Å². The molecular weight excluding hydrogens is 450 g/mol. The number of rotatable bonds is 7. The minimum Gasteiger partial charge on any atom is -0.494 e. The molecule has 1 amide bonds. The Morgan fingerprint density at radius 2 is 1.82 bits per heavy atom. The maximum atomic E-state index is 13.6. The second-order valence-electron chi connectivity index (χ2n) is 8.37. The molecule has 0 saturated carbocycles. The van der Waals surface area contributed by atoms with Crippen molar-refractivity contribution in [2.75, 3.05) is 13.2 Å². The van der Waals surface area contributed by atoms with E-state index in [1.807, 2.05) is 61.5 Å². The van der Waals surface area contributed by atoms with E-state index in [0.717, 1.165) is 17.5 Å². The molecule has 1 aliphatic heterocycles. The maximum Gasteiger partial charge on any atom is 0.290 e. The first-order valence-electron chi connectivity index (χ1n) is 11.4. The Balaban J connectivity index is 1.63. The number of ether oxygens (including phenoxy) is 1. The highest BCUT2D eigenvalue weighted by Gasteiger charge is 2.42. The van der Waals surface area contributed by atoms with E-state index in [9.17, 15) is 9.59 Å². The highest BCUT2D eigenvalue weighted by atomic mass is 35.5. The molecule has 4 aromatic rings. The summed E-state index contributed by atoms with van der Waals surface area (Å²) >= 11 is 6.16. The zero-order valence-electron chi connectivity index (χ0n) is 18.8. The number of fused-ring (bicyclic) bond motifs is 2. The second-order valence-corrected chi connectivity index (χ2v) is 8.81. The van der Waals surface area contributed by atoms with Crippen LogP contribution in [0.5, 0.6) is 5.75 Å². The summed E-state index contributed by atoms with van der Waals surface area (Å²) < 4.78 is 11.8. The van der Waals surface area contributed by atoms with Gasteiger partial charge >= 0.3 is 0 Å². The van der Waals surface area contributed by atoms with E-state index in [-0.39, 0.29) is 17.1 Å². The molecule has 5 rings (SSSR count). The average molecular weight is 474 g/mol. The third-order valence-corrected chi connectivity index (χ3v) is 6.29. The van der Waals surface area contributed by atoms with E-state index in [2.05, 4.69) is 0 Å². The Bertz CT molecular complexity index is 1410. The van der Waals surface area contributed by atoms with Crippen LogP contribution in [0.3, 0.4) is 0 Å². The molecule has 0 spiro atoms. The van der Waals surface area contributed by atoms with Gasteiger partial charge in [-0.25, -0.2) is 0 Å². The highest BCUT2D eigenvalue weighted by Crippen LogP contribution is 2.39. The highest BCUT2D eigenvalue weighted by molar-refractivity contribution is 6.31. The number of hydrogen-bond acceptors (Lipinski definition) is 4. The molecule has 1 atom stereocenters. The molecular formula is C28H24ClNO4. The molecule has 3 aromatic carbocycles. The van der Waals surface area contributed by atoms with Crippen LogP contribution in [-0.2, 0) is 6.42 Å². The van der Waals surface area contributed by atoms with Crippen LogP contribution >= 0.6 is 11.6 Å². The average Bonchev–Trinajstić information content (AvgIpc) is 3.14. The molecule has 1 aromatic heterocycles. The molecule has 6 heteroatoms. The molecule has 2 heterocycles. The zero-order chi connectivity index (χ0) is 23.7. The lowest BCUT2D eigenvalue weighted by Crippen LogP contribution is -2.31. The summed E-state index contributed by atoms with van der Waals surface area (Å²) in [4.78, 5) is 28.9. The van der Waals surface area contributed by atoms with Crippen LogP contribution in [0.25, 0.3) is 11.0 Å². The molecule has 0 N–H and O–H groups in total. The van der Waals surface area contributed by atoms with Gasteiger partial charge in [-0.3, -0.25) is 9.59 Å². The van der Waals surface area contributed by atoms with E-state index >= 15 is 0 Å². The summed E-state index contributed by atoms with van der Waals surface area (Å²) in [5.74, 6) is 0.513. The summed E-state index contributed by atoms with van der Waals surface area (Å²) in [6, 6.07) is 21.9. The lowest BCUT2D eigenvalue weighted by Gasteiger charge is -2.25. The number of halogens is 1. The molecule has 172 valence electrons. The first-order valence-corrected chi connectivity index (χ1v) is 11.8. The van der Waals surface area contributed by atoms with Crippen LogP contribution in [0.4, 0.5) is 0 Å². The van der Waals surface area contributed by atoms with Crippen LogP contribution in [0.15, 0.2) is 82.0 Å². The van der Waals surface area contributed by atoms with Gasteiger partial charge in [-0.1, -0.05) is 61.0 Å². The van der Waals surface area contributed by atoms with Crippen molar-refractivity contribution < 1.29 is 13.9 Å². The Kier molecular flexibility index (Phi) is 6.12. The van der Waals surface area contributed by atoms with Gasteiger partial charge < -0.3 is 14.1 Å². The van der Waals surface area contributed by atoms with Gasteiger partial charge in [0, 0.05) is 11.6 Å². The van der Waals surface area contributed by atoms with E-state index in [0.29, 0.717) is 46.9 Å². The topological polar surface area (TPSA) is 59.8 Å². The first-order chi connectivity index (χ1) is 16.6. The van der Waals surface area contributed by atoms with Gasteiger partial charge in [0.2, 0.25) is 5.76 Å². The van der Waals surface area contributed by atoms with Crippen LogP contribution < -0.4 is 10.2 Å². The van der Waals surface area contributed by atoms with Crippen molar-refractivity contribution in [3.8, 4) is 5.75 Å². The monoisotopic (exact) mass is 473 g/mol. The van der Waals surface area contributed by atoms with Crippen molar-refractivity contribution in [1.82, 2.24) is 4.90 Å². The van der Waals surface area contributed by atoms with Gasteiger partial charge in [-0.15, -0.1) is 0 Å². The molecule has 0 bridgehead atoms. The summed E-state index contributed by atoms with van der Waals surface area (Å²) in [5, 5.41) is 0.809. The number of hydrogen-bond donors (Lipinski definition) is 0. The van der Waals surface area contributed by atoms with Gasteiger partial charge in [-0.05, 0) is 54.3 Å². The van der Waals surface area contributed by atoms with Crippen molar-refractivity contribution in [1.29, 1.82) is 0 Å². The van der Waals surface area contributed by atoms with Crippen molar-refractivity contribution >= 4 is 28.5 Å². The van der Waals surface area contributed by atoms with Crippen LogP contribution in [0, 0.1) is 0 Å². The second kappa shape index (κ2) is 9.35. The molecule has 0 aliphatic carbocycles. The Morgan fingerprint density at radius 1 is 1.00 bits per heavy atom. The molecule has 1 unspecified atom stereocenters. The number of carbonyl (C=O) groups is 1. The molecule has 5 nitrogen and oxygen atoms in total. The van der Waals surface area contributed by atoms with Crippen molar-refractivity contribution in [3.63, 3.8) is 0 Å². The van der Waals surface area contributed by atoms with E-state index in [1.165, 1.54) is 0 Å². The quantitative estimate of drug-likeness (QED) is 0.329. The number of carbonyl (C=O) groups excluding carboxylic acids is 1. The van der Waals surface area contributed by atoms with E-state index < -0.39 is 6.04 Å². The van der Waals surface area contributed by atoms with Gasteiger partial charge in [0.15, 0.2) is 5.43 Å². The largest absolute Gasteiger partial charge is 0.494 e. The minimum absolute atomic E-state index is 0.0952. The SMILES string of the molecule is CCCOc1cccc(C2c3c(oc4ccc(Cl)cc4c3=O)C(=O)N2CCc2ccccc2)c1. The molecule has 0 fully saturated rings. The van der Waals surface area contributed by atoms with Gasteiger partial charge in [0.05, 0.1) is 23.6 Å². The normalized spacial score (nSPS) is 15.1. The lowest BCUT2D eigenvalue weighted by atomic mass is 9.98. The Morgan fingerprint density at radius 3 is 2.62 bits per heavy atom. The molecule has 1 aliphatic rings. The first kappa shape index (κ1) is 22.2. The van der Waals surface area contributed by atoms with Crippen LogP contribution in [0.1, 0.15) is 46.6 Å². The smallest absolute Gasteiger partial charge is 0.290 e. The fourth-order valence-corrected chi connectivity index (χ4v) is 4.63. The lowest BCUT2D eigenvalue weighted by molar-refractivity contribution is 0.0730. The van der Waals surface area contributed by atoms with Crippen molar-refractivity contribution in [2.45, 2.75) is 25.8 Å². The summed E-state index contributed by atoms with van der Waals surface area (Å²) in [6.07, 6.45) is 1.54. The third-order valence-electron chi connectivity index (χ3n) is 6.06. The van der Waals surface area contributed by atoms with Crippen LogP contribution in [-0.4, -0.2) is 24.0 Å². The van der Waals surface area contributed by atoms with Gasteiger partial charge in [0.1, 0.15) is 11.3 Å². The summed E-state index contributed by atoms with van der Waals surface area (Å²) in [6.45, 7) is 3.07. The van der Waals surface area contributed by atoms with Crippen molar-refractivity contribution in [3.05, 3.63) is 110 Å². The number of amides is 1. The maximum absolute atomic E-state index is 13.6. The predicted molar refractivity (Wildman–Crippen MR) is 133 cm³/mol. The third kappa shape index (κ3) is 4.08. The van der Waals surface area contributed by atoms with Crippen LogP contribution in [0.2, 0.25) is 5.02 Å². The molecule has 0 saturated heterocycles. The van der Waals surface area contributed by atoms with E-state index in [1.54, 1.807) is 23.1 Å². The number of nitrogens with zero attached hydrogens (tertiary/aromatic N) is 1. The van der Waals surface area contributed by atoms with Gasteiger partial charge in [0.25, 0.3) is 5.91 Å². The molecule has 0 radical (unpaired) electrons. The Hall–Kier alpha value is -3.57.